The first kappa shape index (κ1) is 14.8. The summed E-state index contributed by atoms with van der Waals surface area (Å²) in [5.74, 6) is 2.64. The molecule has 0 spiro atoms. The maximum Gasteiger partial charge on any atom is 0.224 e. The van der Waals surface area contributed by atoms with E-state index in [-0.39, 0.29) is 11.6 Å². The standard InChI is InChI=1S/C18H21N3O/c1-2-3-12-18(20-21-18)13-11-17(22)19-16-10-6-8-14-7-4-5-9-15(14)16/h1,6,8,10H,3-5,7,9,11-13H2,(H,19,22). The van der Waals surface area contributed by atoms with Gasteiger partial charge in [-0.2, -0.15) is 10.2 Å². The molecule has 0 unspecified atom stereocenters. The highest BCUT2D eigenvalue weighted by molar-refractivity contribution is 5.91. The van der Waals surface area contributed by atoms with Crippen LogP contribution < -0.4 is 5.32 Å². The number of nitrogens with one attached hydrogen (secondary N) is 1. The molecule has 0 saturated heterocycles. The molecule has 0 fully saturated rings. The molecule has 2 aliphatic rings. The molecule has 0 saturated carbocycles. The third-order valence-electron chi connectivity index (χ3n) is 4.48. The third-order valence-corrected chi connectivity index (χ3v) is 4.48. The van der Waals surface area contributed by atoms with Gasteiger partial charge in [0.05, 0.1) is 0 Å². The molecule has 0 bridgehead atoms. The lowest BCUT2D eigenvalue weighted by Crippen LogP contribution is -2.19. The first-order chi connectivity index (χ1) is 10.7. The number of hydrogen-bond donors (Lipinski definition) is 1. The summed E-state index contributed by atoms with van der Waals surface area (Å²) in [5, 5.41) is 11.2. The maximum absolute atomic E-state index is 12.2. The predicted octanol–water partition coefficient (Wildman–Crippen LogP) is 3.86. The Morgan fingerprint density at radius 1 is 1.27 bits per heavy atom. The van der Waals surface area contributed by atoms with Gasteiger partial charge in [-0.15, -0.1) is 12.3 Å². The third kappa shape index (κ3) is 3.36. The van der Waals surface area contributed by atoms with Crippen LogP contribution in [0.15, 0.2) is 28.4 Å². The molecule has 114 valence electrons. The van der Waals surface area contributed by atoms with Gasteiger partial charge in [0, 0.05) is 31.4 Å². The topological polar surface area (TPSA) is 53.8 Å². The summed E-state index contributed by atoms with van der Waals surface area (Å²) in [4.78, 5) is 12.2. The normalized spacial score (nSPS) is 17.4. The molecule has 22 heavy (non-hydrogen) atoms. The Kier molecular flexibility index (Phi) is 4.24. The first-order valence-corrected chi connectivity index (χ1v) is 8.01. The fourth-order valence-corrected chi connectivity index (χ4v) is 3.09. The largest absolute Gasteiger partial charge is 0.326 e. The van der Waals surface area contributed by atoms with Crippen molar-refractivity contribution in [3.8, 4) is 12.3 Å². The van der Waals surface area contributed by atoms with Crippen LogP contribution in [0.5, 0.6) is 0 Å². The molecule has 1 aromatic rings. The number of anilines is 1. The Hall–Kier alpha value is -2.15. The molecule has 1 N–H and O–H groups in total. The number of hydrogen-bond acceptors (Lipinski definition) is 3. The van der Waals surface area contributed by atoms with Crippen LogP contribution in [0.25, 0.3) is 0 Å². The van der Waals surface area contributed by atoms with Crippen LogP contribution in [0.1, 0.15) is 49.7 Å². The summed E-state index contributed by atoms with van der Waals surface area (Å²) >= 11 is 0. The number of carbonyl (C=O) groups excluding carboxylic acids is 1. The van der Waals surface area contributed by atoms with Crippen LogP contribution in [-0.4, -0.2) is 11.6 Å². The van der Waals surface area contributed by atoms with E-state index in [0.717, 1.165) is 24.9 Å². The summed E-state index contributed by atoms with van der Waals surface area (Å²) in [6.45, 7) is 0. The van der Waals surface area contributed by atoms with E-state index in [2.05, 4.69) is 27.5 Å². The summed E-state index contributed by atoms with van der Waals surface area (Å²) in [7, 11) is 0. The van der Waals surface area contributed by atoms with E-state index in [9.17, 15) is 4.79 Å². The molecule has 4 heteroatoms. The summed E-state index contributed by atoms with van der Waals surface area (Å²) in [6.07, 6.45) is 12.4. The van der Waals surface area contributed by atoms with Crippen molar-refractivity contribution in [2.24, 2.45) is 10.2 Å². The maximum atomic E-state index is 12.2. The van der Waals surface area contributed by atoms with Crippen molar-refractivity contribution in [3.63, 3.8) is 0 Å². The van der Waals surface area contributed by atoms with Crippen LogP contribution in [0.3, 0.4) is 0 Å². The van der Waals surface area contributed by atoms with E-state index >= 15 is 0 Å². The molecule has 4 nitrogen and oxygen atoms in total. The van der Waals surface area contributed by atoms with Crippen molar-refractivity contribution >= 4 is 11.6 Å². The molecule has 0 atom stereocenters. The Morgan fingerprint density at radius 3 is 2.86 bits per heavy atom. The molecule has 0 aromatic heterocycles. The fraction of sp³-hybridized carbons (Fsp3) is 0.500. The Labute approximate surface area is 131 Å². The van der Waals surface area contributed by atoms with Crippen LogP contribution in [-0.2, 0) is 17.6 Å². The van der Waals surface area contributed by atoms with E-state index in [1.165, 1.54) is 24.0 Å². The molecular weight excluding hydrogens is 274 g/mol. The molecular formula is C18H21N3O. The highest BCUT2D eigenvalue weighted by Gasteiger charge is 2.39. The Balaban J connectivity index is 1.55. The smallest absolute Gasteiger partial charge is 0.224 e. The monoisotopic (exact) mass is 295 g/mol. The van der Waals surface area contributed by atoms with Crippen molar-refractivity contribution < 1.29 is 4.79 Å². The van der Waals surface area contributed by atoms with Crippen LogP contribution >= 0.6 is 0 Å². The van der Waals surface area contributed by atoms with E-state index in [1.807, 2.05) is 12.1 Å². The SMILES string of the molecule is C#CCCC1(CCC(=O)Nc2cccc3c2CCCC3)N=N1. The van der Waals surface area contributed by atoms with Crippen LogP contribution in [0, 0.1) is 12.3 Å². The van der Waals surface area contributed by atoms with Gasteiger partial charge < -0.3 is 5.32 Å². The lowest BCUT2D eigenvalue weighted by molar-refractivity contribution is -0.116. The molecule has 1 aliphatic carbocycles. The number of nitrogens with zero attached hydrogens (tertiary/aromatic N) is 2. The van der Waals surface area contributed by atoms with Gasteiger partial charge in [0.2, 0.25) is 5.91 Å². The molecule has 0 radical (unpaired) electrons. The lowest BCUT2D eigenvalue weighted by Gasteiger charge is -2.19. The van der Waals surface area contributed by atoms with Crippen molar-refractivity contribution in [1.29, 1.82) is 0 Å². The number of carbonyl (C=O) groups is 1. The minimum absolute atomic E-state index is 0.0383. The average molecular weight is 295 g/mol. The van der Waals surface area contributed by atoms with Crippen molar-refractivity contribution in [1.82, 2.24) is 0 Å². The summed E-state index contributed by atoms with van der Waals surface area (Å²) in [6, 6.07) is 6.20. The zero-order chi connectivity index (χ0) is 15.4. The minimum atomic E-state index is -0.375. The quantitative estimate of drug-likeness (QED) is 0.796. The van der Waals surface area contributed by atoms with E-state index in [1.54, 1.807) is 0 Å². The Bertz CT molecular complexity index is 636. The van der Waals surface area contributed by atoms with Crippen molar-refractivity contribution in [2.75, 3.05) is 5.32 Å². The van der Waals surface area contributed by atoms with Gasteiger partial charge in [-0.05, 0) is 42.9 Å². The zero-order valence-corrected chi connectivity index (χ0v) is 12.8. The highest BCUT2D eigenvalue weighted by atomic mass is 16.1. The van der Waals surface area contributed by atoms with Crippen molar-refractivity contribution in [3.05, 3.63) is 29.3 Å². The number of aryl methyl sites for hydroxylation is 1. The second-order valence-corrected chi connectivity index (χ2v) is 6.09. The Morgan fingerprint density at radius 2 is 2.09 bits per heavy atom. The van der Waals surface area contributed by atoms with Gasteiger partial charge in [0.15, 0.2) is 5.66 Å². The number of terminal acetylenes is 1. The summed E-state index contributed by atoms with van der Waals surface area (Å²) < 4.78 is 0. The van der Waals surface area contributed by atoms with E-state index in [0.29, 0.717) is 19.3 Å². The van der Waals surface area contributed by atoms with Gasteiger partial charge in [-0.25, -0.2) is 0 Å². The van der Waals surface area contributed by atoms with Gasteiger partial charge in [0.1, 0.15) is 0 Å². The fourth-order valence-electron chi connectivity index (χ4n) is 3.09. The second kappa shape index (κ2) is 6.31. The zero-order valence-electron chi connectivity index (χ0n) is 12.8. The predicted molar refractivity (Wildman–Crippen MR) is 86.6 cm³/mol. The van der Waals surface area contributed by atoms with Gasteiger partial charge in [-0.1, -0.05) is 12.1 Å². The first-order valence-electron chi connectivity index (χ1n) is 8.01. The number of fused-ring (bicyclic) bond motifs is 1. The number of benzene rings is 1. The number of rotatable bonds is 6. The minimum Gasteiger partial charge on any atom is -0.326 e. The highest BCUT2D eigenvalue weighted by Crippen LogP contribution is 2.37. The molecule has 1 aromatic carbocycles. The molecule has 1 amide bonds. The van der Waals surface area contributed by atoms with Gasteiger partial charge in [0.25, 0.3) is 0 Å². The van der Waals surface area contributed by atoms with E-state index in [4.69, 9.17) is 6.42 Å². The number of amides is 1. The van der Waals surface area contributed by atoms with Gasteiger partial charge >= 0.3 is 0 Å². The molecule has 1 heterocycles. The van der Waals surface area contributed by atoms with Crippen LogP contribution in [0.4, 0.5) is 5.69 Å². The summed E-state index contributed by atoms with van der Waals surface area (Å²) in [5.41, 5.74) is 3.29. The van der Waals surface area contributed by atoms with Crippen LogP contribution in [0.2, 0.25) is 0 Å². The molecule has 1 aliphatic heterocycles. The lowest BCUT2D eigenvalue weighted by atomic mass is 9.90. The average Bonchev–Trinajstić information content (AvgIpc) is 3.32. The molecule has 3 rings (SSSR count). The second-order valence-electron chi connectivity index (χ2n) is 6.09. The van der Waals surface area contributed by atoms with Crippen molar-refractivity contribution in [2.45, 2.75) is 57.0 Å². The van der Waals surface area contributed by atoms with E-state index < -0.39 is 0 Å². The van der Waals surface area contributed by atoms with Gasteiger partial charge in [-0.3, -0.25) is 4.79 Å².